The minimum Gasteiger partial charge on any atom is -0.465 e. The van der Waals surface area contributed by atoms with Crippen molar-refractivity contribution in [3.05, 3.63) is 0 Å². The predicted octanol–water partition coefficient (Wildman–Crippen LogP) is 4.22. The molecule has 6 fully saturated rings. The highest BCUT2D eigenvalue weighted by Crippen LogP contribution is 2.60. The van der Waals surface area contributed by atoms with E-state index in [0.717, 1.165) is 37.0 Å². The van der Waals surface area contributed by atoms with Crippen molar-refractivity contribution in [2.24, 2.45) is 46.8 Å². The number of alkyl halides is 2. The molecule has 6 aliphatic carbocycles. The first kappa shape index (κ1) is 18.8. The first-order chi connectivity index (χ1) is 13.4. The van der Waals surface area contributed by atoms with Gasteiger partial charge in [0.2, 0.25) is 0 Å². The second-order valence-electron chi connectivity index (χ2n) is 10.4. The summed E-state index contributed by atoms with van der Waals surface area (Å²) in [4.78, 5) is 25.4. The molecule has 6 rings (SSSR count). The van der Waals surface area contributed by atoms with Crippen LogP contribution in [0.3, 0.4) is 0 Å². The van der Waals surface area contributed by atoms with E-state index in [2.05, 4.69) is 0 Å². The number of fused-ring (bicyclic) bond motifs is 2. The summed E-state index contributed by atoms with van der Waals surface area (Å²) in [5.74, 6) is 0.578. The van der Waals surface area contributed by atoms with Crippen molar-refractivity contribution in [2.75, 3.05) is 13.2 Å². The van der Waals surface area contributed by atoms with Gasteiger partial charge in [-0.15, -0.1) is 0 Å². The highest BCUT2D eigenvalue weighted by Gasteiger charge is 2.56. The van der Waals surface area contributed by atoms with Crippen LogP contribution in [0.5, 0.6) is 0 Å². The molecule has 0 spiro atoms. The first-order valence-corrected chi connectivity index (χ1v) is 11.0. The zero-order valence-electron chi connectivity index (χ0n) is 16.3. The normalized spacial score (nSPS) is 45.6. The van der Waals surface area contributed by atoms with E-state index in [1.54, 1.807) is 0 Å². The van der Waals surface area contributed by atoms with Gasteiger partial charge in [-0.2, -0.15) is 0 Å². The Bertz CT molecular complexity index is 613. The van der Waals surface area contributed by atoms with Crippen LogP contribution in [-0.2, 0) is 19.1 Å². The highest BCUT2D eigenvalue weighted by molar-refractivity contribution is 5.83. The molecule has 4 nitrogen and oxygen atoms in total. The Hall–Kier alpha value is -1.20. The predicted molar refractivity (Wildman–Crippen MR) is 96.3 cm³/mol. The Morgan fingerprint density at radius 3 is 1.82 bits per heavy atom. The minimum atomic E-state index is -2.68. The number of hydrogen-bond acceptors (Lipinski definition) is 4. The van der Waals surface area contributed by atoms with Crippen LogP contribution < -0.4 is 0 Å². The quantitative estimate of drug-likeness (QED) is 0.631. The van der Waals surface area contributed by atoms with Crippen molar-refractivity contribution < 1.29 is 27.8 Å². The number of esters is 2. The number of rotatable bonds is 6. The lowest BCUT2D eigenvalue weighted by Gasteiger charge is -2.56. The second kappa shape index (κ2) is 6.94. The Balaban J connectivity index is 1.23. The Morgan fingerprint density at radius 1 is 0.821 bits per heavy atom. The van der Waals surface area contributed by atoms with Gasteiger partial charge in [0.05, 0.1) is 18.4 Å². The summed E-state index contributed by atoms with van der Waals surface area (Å²) in [6.45, 7) is -0.413. The smallest absolute Gasteiger partial charge is 0.310 e. The molecule has 0 aromatic rings. The Kier molecular flexibility index (Phi) is 4.66. The maximum absolute atomic E-state index is 13.0. The lowest BCUT2D eigenvalue weighted by Crippen LogP contribution is -2.49. The largest absolute Gasteiger partial charge is 0.465 e. The Labute approximate surface area is 164 Å². The molecule has 4 atom stereocenters. The standard InChI is InChI=1S/C22H30F2O4/c23-17(24)10-27-20(25)18-15-1-2-16(6-15)19(18)21(26)28-11-22-7-12-3-13(8-22)5-14(4-12)9-22/h12-19H,1-11H2. The van der Waals surface area contributed by atoms with Gasteiger partial charge >= 0.3 is 11.9 Å². The van der Waals surface area contributed by atoms with E-state index >= 15 is 0 Å². The van der Waals surface area contributed by atoms with Crippen LogP contribution in [0, 0.1) is 46.8 Å². The van der Waals surface area contributed by atoms with Gasteiger partial charge in [-0.1, -0.05) is 0 Å². The summed E-state index contributed by atoms with van der Waals surface area (Å²) in [5, 5.41) is 0. The summed E-state index contributed by atoms with van der Waals surface area (Å²) in [6.07, 6.45) is 7.47. The molecule has 0 aromatic heterocycles. The van der Waals surface area contributed by atoms with Crippen LogP contribution in [0.25, 0.3) is 0 Å². The third kappa shape index (κ3) is 3.24. The van der Waals surface area contributed by atoms with E-state index in [-0.39, 0.29) is 23.2 Å². The van der Waals surface area contributed by atoms with E-state index in [4.69, 9.17) is 9.47 Å². The third-order valence-electron chi connectivity index (χ3n) is 8.50. The summed E-state index contributed by atoms with van der Waals surface area (Å²) >= 11 is 0. The van der Waals surface area contributed by atoms with E-state index in [1.165, 1.54) is 38.5 Å². The number of carbonyl (C=O) groups is 2. The van der Waals surface area contributed by atoms with Gasteiger partial charge in [0.25, 0.3) is 6.43 Å². The van der Waals surface area contributed by atoms with Crippen LogP contribution >= 0.6 is 0 Å². The molecule has 6 heteroatoms. The van der Waals surface area contributed by atoms with Crippen molar-refractivity contribution in [2.45, 2.75) is 64.2 Å². The zero-order valence-corrected chi connectivity index (χ0v) is 16.3. The maximum Gasteiger partial charge on any atom is 0.310 e. The molecule has 0 aliphatic heterocycles. The average molecular weight is 396 g/mol. The minimum absolute atomic E-state index is 0.0762. The topological polar surface area (TPSA) is 52.6 Å². The summed E-state index contributed by atoms with van der Waals surface area (Å²) in [7, 11) is 0. The molecule has 0 saturated heterocycles. The van der Waals surface area contributed by atoms with E-state index in [1.807, 2.05) is 0 Å². The number of halogens is 2. The van der Waals surface area contributed by atoms with E-state index in [0.29, 0.717) is 6.61 Å². The fourth-order valence-corrected chi connectivity index (χ4v) is 8.00. The maximum atomic E-state index is 13.0. The molecule has 6 bridgehead atoms. The van der Waals surface area contributed by atoms with Crippen LogP contribution in [0.4, 0.5) is 8.78 Å². The van der Waals surface area contributed by atoms with Gasteiger partial charge < -0.3 is 9.47 Å². The summed E-state index contributed by atoms with van der Waals surface area (Å²) in [6, 6.07) is 0. The van der Waals surface area contributed by atoms with Crippen molar-refractivity contribution in [3.63, 3.8) is 0 Å². The molecule has 0 N–H and O–H groups in total. The van der Waals surface area contributed by atoms with Crippen molar-refractivity contribution in [1.82, 2.24) is 0 Å². The van der Waals surface area contributed by atoms with Gasteiger partial charge in [-0.3, -0.25) is 9.59 Å². The number of carbonyl (C=O) groups excluding carboxylic acids is 2. The van der Waals surface area contributed by atoms with Crippen LogP contribution in [0.2, 0.25) is 0 Å². The Morgan fingerprint density at radius 2 is 1.32 bits per heavy atom. The van der Waals surface area contributed by atoms with Crippen molar-refractivity contribution >= 4 is 11.9 Å². The molecule has 156 valence electrons. The van der Waals surface area contributed by atoms with Crippen molar-refractivity contribution in [3.8, 4) is 0 Å². The third-order valence-corrected chi connectivity index (χ3v) is 8.50. The molecule has 6 aliphatic rings. The lowest BCUT2D eigenvalue weighted by molar-refractivity contribution is -0.171. The molecule has 0 aromatic carbocycles. The average Bonchev–Trinajstić information content (AvgIpc) is 3.24. The van der Waals surface area contributed by atoms with Gasteiger partial charge in [0.1, 0.15) is 0 Å². The molecule has 0 amide bonds. The summed E-state index contributed by atoms with van der Waals surface area (Å²) < 4.78 is 35.6. The van der Waals surface area contributed by atoms with Gasteiger partial charge in [-0.05, 0) is 87.4 Å². The molecule has 6 saturated carbocycles. The molecule has 0 heterocycles. The monoisotopic (exact) mass is 396 g/mol. The fourth-order valence-electron chi connectivity index (χ4n) is 8.00. The molecule has 0 radical (unpaired) electrons. The van der Waals surface area contributed by atoms with Gasteiger partial charge in [0, 0.05) is 5.41 Å². The number of ether oxygens (including phenoxy) is 2. The van der Waals surface area contributed by atoms with Crippen LogP contribution in [0.15, 0.2) is 0 Å². The molecule has 28 heavy (non-hydrogen) atoms. The SMILES string of the molecule is O=C(OCC(F)F)C1C2CCC(C2)C1C(=O)OCC12CC3CC(CC(C3)C1)C2. The second-order valence-corrected chi connectivity index (χ2v) is 10.4. The molecular weight excluding hydrogens is 366 g/mol. The van der Waals surface area contributed by atoms with Gasteiger partial charge in [0.15, 0.2) is 6.61 Å². The molecular formula is C22H30F2O4. The number of hydrogen-bond donors (Lipinski definition) is 0. The van der Waals surface area contributed by atoms with Crippen LogP contribution in [-0.4, -0.2) is 31.6 Å². The highest BCUT2D eigenvalue weighted by atomic mass is 19.3. The zero-order chi connectivity index (χ0) is 19.5. The lowest BCUT2D eigenvalue weighted by atomic mass is 9.50. The van der Waals surface area contributed by atoms with Gasteiger partial charge in [-0.25, -0.2) is 8.78 Å². The fraction of sp³-hybridized carbons (Fsp3) is 0.909. The summed E-state index contributed by atoms with van der Waals surface area (Å²) in [5.41, 5.74) is 0.147. The molecule has 4 unspecified atom stereocenters. The van der Waals surface area contributed by atoms with Crippen LogP contribution in [0.1, 0.15) is 57.8 Å². The first-order valence-electron chi connectivity index (χ1n) is 11.0. The van der Waals surface area contributed by atoms with Crippen molar-refractivity contribution in [1.29, 1.82) is 0 Å². The van der Waals surface area contributed by atoms with E-state index < -0.39 is 30.8 Å². The van der Waals surface area contributed by atoms with E-state index in [9.17, 15) is 18.4 Å².